The molecule has 1 fully saturated rings. The molecule has 3 heterocycles. The lowest BCUT2D eigenvalue weighted by atomic mass is 9.97. The molecule has 24 heavy (non-hydrogen) atoms. The lowest BCUT2D eigenvalue weighted by Gasteiger charge is -2.22. The number of anilines is 1. The molecule has 2 aliphatic rings. The van der Waals surface area contributed by atoms with Crippen LogP contribution in [0.1, 0.15) is 30.1 Å². The summed E-state index contributed by atoms with van der Waals surface area (Å²) in [6, 6.07) is 1.44. The molecule has 0 radical (unpaired) electrons. The second-order valence-corrected chi connectivity index (χ2v) is 6.62. The van der Waals surface area contributed by atoms with E-state index in [0.29, 0.717) is 24.2 Å². The number of hydrogen-bond donors (Lipinski definition) is 1. The van der Waals surface area contributed by atoms with Crippen LogP contribution < -0.4 is 10.9 Å². The number of aryl methyl sites for hydroxylation is 2. The molecule has 1 aliphatic heterocycles. The van der Waals surface area contributed by atoms with Crippen molar-refractivity contribution < 1.29 is 4.74 Å². The van der Waals surface area contributed by atoms with Crippen molar-refractivity contribution in [1.29, 1.82) is 0 Å². The van der Waals surface area contributed by atoms with Gasteiger partial charge >= 0.3 is 0 Å². The van der Waals surface area contributed by atoms with E-state index >= 15 is 0 Å². The predicted octanol–water partition coefficient (Wildman–Crippen LogP) is 1.62. The summed E-state index contributed by atoms with van der Waals surface area (Å²) in [6.45, 7) is 0.915. The molecular formula is C16H18ClN5O2. The zero-order chi connectivity index (χ0) is 16.5. The molecule has 0 amide bonds. The van der Waals surface area contributed by atoms with Crippen molar-refractivity contribution in [3.8, 4) is 0 Å². The number of fused-ring (bicyclic) bond motifs is 1. The summed E-state index contributed by atoms with van der Waals surface area (Å²) in [6.07, 6.45) is 7.19. The van der Waals surface area contributed by atoms with Crippen molar-refractivity contribution in [1.82, 2.24) is 19.7 Å². The summed E-state index contributed by atoms with van der Waals surface area (Å²) in [5.74, 6) is 0.464. The molecule has 1 aliphatic carbocycles. The quantitative estimate of drug-likeness (QED) is 0.908. The van der Waals surface area contributed by atoms with Crippen molar-refractivity contribution in [2.24, 2.45) is 0 Å². The first-order valence-corrected chi connectivity index (χ1v) is 8.52. The van der Waals surface area contributed by atoms with Gasteiger partial charge in [0.15, 0.2) is 0 Å². The molecule has 2 aromatic rings. The minimum atomic E-state index is -0.177. The zero-order valence-corrected chi connectivity index (χ0v) is 13.9. The summed E-state index contributed by atoms with van der Waals surface area (Å²) in [7, 11) is 0. The average Bonchev–Trinajstić information content (AvgIpc) is 3.04. The van der Waals surface area contributed by atoms with Gasteiger partial charge in [-0.25, -0.2) is 14.6 Å². The van der Waals surface area contributed by atoms with Gasteiger partial charge in [0.25, 0.3) is 5.56 Å². The van der Waals surface area contributed by atoms with E-state index in [4.69, 9.17) is 16.3 Å². The molecule has 0 bridgehead atoms. The Morgan fingerprint density at radius 2 is 2.00 bits per heavy atom. The third-order valence-electron chi connectivity index (χ3n) is 4.53. The Bertz CT molecular complexity index is 792. The first kappa shape index (κ1) is 15.5. The van der Waals surface area contributed by atoms with Crippen LogP contribution in [0.3, 0.4) is 0 Å². The number of ether oxygens (including phenoxy) is 1. The molecular weight excluding hydrogens is 330 g/mol. The molecule has 126 valence electrons. The second-order valence-electron chi connectivity index (χ2n) is 6.19. The summed E-state index contributed by atoms with van der Waals surface area (Å²) in [5, 5.41) is 8.32. The maximum Gasteiger partial charge on any atom is 0.267 e. The Labute approximate surface area is 144 Å². The van der Waals surface area contributed by atoms with E-state index in [1.807, 2.05) is 0 Å². The van der Waals surface area contributed by atoms with Gasteiger partial charge in [0.1, 0.15) is 6.04 Å². The number of halogens is 1. The number of nitrogens with zero attached hydrogens (tertiary/aromatic N) is 4. The van der Waals surface area contributed by atoms with Gasteiger partial charge in [0, 0.05) is 6.07 Å². The Morgan fingerprint density at radius 1 is 1.21 bits per heavy atom. The van der Waals surface area contributed by atoms with Crippen LogP contribution >= 0.6 is 11.6 Å². The minimum absolute atomic E-state index is 0.0741. The van der Waals surface area contributed by atoms with Gasteiger partial charge in [-0.1, -0.05) is 11.6 Å². The van der Waals surface area contributed by atoms with E-state index in [-0.39, 0.29) is 17.6 Å². The molecule has 0 saturated carbocycles. The molecule has 4 rings (SSSR count). The molecule has 0 spiro atoms. The molecule has 2 aromatic heterocycles. The van der Waals surface area contributed by atoms with Gasteiger partial charge < -0.3 is 10.1 Å². The summed E-state index contributed by atoms with van der Waals surface area (Å²) >= 11 is 5.81. The second kappa shape index (κ2) is 6.49. The Kier molecular flexibility index (Phi) is 4.20. The summed E-state index contributed by atoms with van der Waals surface area (Å²) in [5.41, 5.74) is 2.05. The molecule has 0 aromatic carbocycles. The highest BCUT2D eigenvalue weighted by Crippen LogP contribution is 2.23. The van der Waals surface area contributed by atoms with E-state index in [1.165, 1.54) is 12.4 Å². The molecule has 8 heteroatoms. The van der Waals surface area contributed by atoms with Crippen LogP contribution in [0.2, 0.25) is 5.02 Å². The highest BCUT2D eigenvalue weighted by molar-refractivity contribution is 6.30. The monoisotopic (exact) mass is 347 g/mol. The van der Waals surface area contributed by atoms with Crippen LogP contribution in [0.4, 0.5) is 5.95 Å². The first-order chi connectivity index (χ1) is 11.7. The average molecular weight is 348 g/mol. The van der Waals surface area contributed by atoms with Crippen molar-refractivity contribution in [2.45, 2.75) is 37.8 Å². The van der Waals surface area contributed by atoms with Crippen LogP contribution in [0.5, 0.6) is 0 Å². The summed E-state index contributed by atoms with van der Waals surface area (Å²) < 4.78 is 7.14. The van der Waals surface area contributed by atoms with Gasteiger partial charge in [0.2, 0.25) is 5.95 Å². The maximum absolute atomic E-state index is 12.5. The highest BCUT2D eigenvalue weighted by atomic mass is 35.5. The van der Waals surface area contributed by atoms with E-state index in [2.05, 4.69) is 20.4 Å². The predicted molar refractivity (Wildman–Crippen MR) is 89.4 cm³/mol. The lowest BCUT2D eigenvalue weighted by Crippen LogP contribution is -2.38. The van der Waals surface area contributed by atoms with E-state index < -0.39 is 0 Å². The normalized spacial score (nSPS) is 23.0. The molecule has 1 saturated heterocycles. The largest absolute Gasteiger partial charge is 0.377 e. The van der Waals surface area contributed by atoms with Crippen LogP contribution in [-0.2, 0) is 17.6 Å². The fourth-order valence-electron chi connectivity index (χ4n) is 3.29. The van der Waals surface area contributed by atoms with Crippen LogP contribution in [0.15, 0.2) is 23.3 Å². The van der Waals surface area contributed by atoms with Crippen molar-refractivity contribution >= 4 is 17.5 Å². The number of hydrogen-bond acceptors (Lipinski definition) is 6. The van der Waals surface area contributed by atoms with Crippen LogP contribution in [0.25, 0.3) is 0 Å². The fraction of sp³-hybridized carbons (Fsp3) is 0.500. The van der Waals surface area contributed by atoms with Crippen molar-refractivity contribution in [3.63, 3.8) is 0 Å². The number of nitrogens with one attached hydrogen (secondary N) is 1. The van der Waals surface area contributed by atoms with E-state index in [0.717, 1.165) is 36.9 Å². The van der Waals surface area contributed by atoms with Crippen LogP contribution in [0, 0.1) is 0 Å². The highest BCUT2D eigenvalue weighted by Gasteiger charge is 2.32. The zero-order valence-electron chi connectivity index (χ0n) is 13.1. The van der Waals surface area contributed by atoms with Crippen molar-refractivity contribution in [3.05, 3.63) is 45.1 Å². The SMILES string of the molecule is O=c1cc2c(nn1C1COCC1Nc1ncc(Cl)cn1)CCCC2. The Hall–Kier alpha value is -1.99. The van der Waals surface area contributed by atoms with E-state index in [9.17, 15) is 4.79 Å². The molecule has 1 N–H and O–H groups in total. The standard InChI is InChI=1S/C16H18ClN5O2/c17-11-6-18-16(19-7-11)20-13-8-24-9-14(13)22-15(23)5-10-3-1-2-4-12(10)21-22/h5-7,13-14H,1-4,8-9H2,(H,18,19,20). The van der Waals surface area contributed by atoms with Gasteiger partial charge in [-0.15, -0.1) is 0 Å². The Morgan fingerprint density at radius 3 is 2.83 bits per heavy atom. The van der Waals surface area contributed by atoms with Crippen LogP contribution in [-0.4, -0.2) is 39.0 Å². The first-order valence-electron chi connectivity index (χ1n) is 8.14. The van der Waals surface area contributed by atoms with Crippen molar-refractivity contribution in [2.75, 3.05) is 18.5 Å². The van der Waals surface area contributed by atoms with Gasteiger partial charge in [-0.3, -0.25) is 4.79 Å². The maximum atomic E-state index is 12.5. The summed E-state index contributed by atoms with van der Waals surface area (Å²) in [4.78, 5) is 20.8. The third kappa shape index (κ3) is 3.01. The minimum Gasteiger partial charge on any atom is -0.377 e. The van der Waals surface area contributed by atoms with Gasteiger partial charge in [0.05, 0.1) is 42.4 Å². The molecule has 2 atom stereocenters. The topological polar surface area (TPSA) is 81.9 Å². The smallest absolute Gasteiger partial charge is 0.267 e. The molecule has 7 nitrogen and oxygen atoms in total. The lowest BCUT2D eigenvalue weighted by molar-refractivity contribution is 0.182. The third-order valence-corrected chi connectivity index (χ3v) is 4.73. The molecule has 2 unspecified atom stereocenters. The van der Waals surface area contributed by atoms with Gasteiger partial charge in [-0.2, -0.15) is 5.10 Å². The van der Waals surface area contributed by atoms with Gasteiger partial charge in [-0.05, 0) is 31.2 Å². The van der Waals surface area contributed by atoms with E-state index in [1.54, 1.807) is 10.7 Å². The fourth-order valence-corrected chi connectivity index (χ4v) is 3.39. The number of rotatable bonds is 3. The number of aromatic nitrogens is 4. The Balaban J connectivity index is 1.60.